The maximum Gasteiger partial charge on any atom is 0.0716 e. The molecule has 0 aromatic heterocycles. The van der Waals surface area contributed by atoms with Crippen LogP contribution in [0.5, 0.6) is 0 Å². The summed E-state index contributed by atoms with van der Waals surface area (Å²) in [6.07, 6.45) is 0. The Morgan fingerprint density at radius 2 is 1.79 bits per heavy atom. The number of hydrogen-bond donors (Lipinski definition) is 1. The van der Waals surface area contributed by atoms with Crippen LogP contribution in [0.25, 0.3) is 0 Å². The summed E-state index contributed by atoms with van der Waals surface area (Å²) in [5.74, 6) is 0. The van der Waals surface area contributed by atoms with Gasteiger partial charge in [0.05, 0.1) is 6.61 Å². The van der Waals surface area contributed by atoms with Gasteiger partial charge in [0.15, 0.2) is 0 Å². The lowest BCUT2D eigenvalue weighted by atomic mass is 10.1. The van der Waals surface area contributed by atoms with Crippen molar-refractivity contribution in [3.05, 3.63) is 70.2 Å². The lowest BCUT2D eigenvalue weighted by Crippen LogP contribution is -2.14. The molecule has 3 heteroatoms. The van der Waals surface area contributed by atoms with E-state index in [1.54, 1.807) is 7.11 Å². The molecule has 0 saturated carbocycles. The minimum atomic E-state index is 0.648. The van der Waals surface area contributed by atoms with Crippen molar-refractivity contribution < 1.29 is 4.74 Å². The van der Waals surface area contributed by atoms with Gasteiger partial charge in [-0.3, -0.25) is 0 Å². The van der Waals surface area contributed by atoms with Crippen molar-refractivity contribution in [1.82, 2.24) is 5.32 Å². The van der Waals surface area contributed by atoms with Crippen molar-refractivity contribution in [3.8, 4) is 0 Å². The molecule has 0 aliphatic rings. The van der Waals surface area contributed by atoms with E-state index in [9.17, 15) is 0 Å². The van der Waals surface area contributed by atoms with Crippen LogP contribution in [0.15, 0.2) is 48.5 Å². The fourth-order valence-corrected chi connectivity index (χ4v) is 2.23. The first-order valence-electron chi connectivity index (χ1n) is 6.30. The first-order valence-corrected chi connectivity index (χ1v) is 6.68. The molecule has 2 aromatic carbocycles. The molecule has 0 heterocycles. The average molecular weight is 276 g/mol. The van der Waals surface area contributed by atoms with Gasteiger partial charge in [-0.05, 0) is 28.8 Å². The van der Waals surface area contributed by atoms with E-state index in [1.807, 2.05) is 24.3 Å². The van der Waals surface area contributed by atoms with Gasteiger partial charge in [-0.15, -0.1) is 0 Å². The van der Waals surface area contributed by atoms with E-state index in [0.29, 0.717) is 6.61 Å². The Bertz CT molecular complexity index is 528. The zero-order valence-electron chi connectivity index (χ0n) is 11.0. The Balaban J connectivity index is 1.92. The summed E-state index contributed by atoms with van der Waals surface area (Å²) in [5, 5.41) is 4.21. The Morgan fingerprint density at radius 1 is 1.00 bits per heavy atom. The first-order chi connectivity index (χ1) is 9.29. The summed E-state index contributed by atoms with van der Waals surface area (Å²) in [7, 11) is 1.72. The quantitative estimate of drug-likeness (QED) is 0.866. The van der Waals surface area contributed by atoms with Gasteiger partial charge in [0.25, 0.3) is 0 Å². The Labute approximate surface area is 119 Å². The smallest absolute Gasteiger partial charge is 0.0716 e. The van der Waals surface area contributed by atoms with Gasteiger partial charge in [-0.2, -0.15) is 0 Å². The van der Waals surface area contributed by atoms with Crippen molar-refractivity contribution in [1.29, 1.82) is 0 Å². The predicted octanol–water partition coefficient (Wildman–Crippen LogP) is 3.78. The maximum atomic E-state index is 5.96. The molecule has 0 saturated heterocycles. The van der Waals surface area contributed by atoms with Crippen LogP contribution in [0.1, 0.15) is 16.7 Å². The molecule has 0 spiro atoms. The molecule has 0 radical (unpaired) electrons. The van der Waals surface area contributed by atoms with E-state index in [1.165, 1.54) is 16.7 Å². The summed E-state index contributed by atoms with van der Waals surface area (Å²) in [5.41, 5.74) is 3.69. The molecule has 19 heavy (non-hydrogen) atoms. The maximum absolute atomic E-state index is 5.96. The van der Waals surface area contributed by atoms with E-state index in [-0.39, 0.29) is 0 Å². The molecule has 2 aromatic rings. The Morgan fingerprint density at radius 3 is 2.53 bits per heavy atom. The zero-order valence-corrected chi connectivity index (χ0v) is 11.8. The van der Waals surface area contributed by atoms with Crippen LogP contribution in [0.2, 0.25) is 5.02 Å². The van der Waals surface area contributed by atoms with Crippen LogP contribution < -0.4 is 5.32 Å². The van der Waals surface area contributed by atoms with Gasteiger partial charge in [-0.1, -0.05) is 48.0 Å². The molecule has 0 aliphatic carbocycles. The highest BCUT2D eigenvalue weighted by Gasteiger charge is 2.01. The number of halogens is 1. The highest BCUT2D eigenvalue weighted by molar-refractivity contribution is 6.30. The number of hydrogen-bond acceptors (Lipinski definition) is 2. The van der Waals surface area contributed by atoms with E-state index in [2.05, 4.69) is 29.6 Å². The topological polar surface area (TPSA) is 21.3 Å². The number of ether oxygens (including phenoxy) is 1. The van der Waals surface area contributed by atoms with E-state index < -0.39 is 0 Å². The zero-order chi connectivity index (χ0) is 13.5. The van der Waals surface area contributed by atoms with Crippen molar-refractivity contribution >= 4 is 11.6 Å². The van der Waals surface area contributed by atoms with Crippen molar-refractivity contribution in [2.75, 3.05) is 7.11 Å². The molecule has 0 bridgehead atoms. The number of nitrogens with one attached hydrogen (secondary N) is 1. The van der Waals surface area contributed by atoms with Crippen LogP contribution in [0.3, 0.4) is 0 Å². The number of benzene rings is 2. The predicted molar refractivity (Wildman–Crippen MR) is 79.2 cm³/mol. The lowest BCUT2D eigenvalue weighted by Gasteiger charge is -2.10. The van der Waals surface area contributed by atoms with Gasteiger partial charge in [0.1, 0.15) is 0 Å². The molecular weight excluding hydrogens is 258 g/mol. The third-order valence-corrected chi connectivity index (χ3v) is 3.19. The Kier molecular flexibility index (Phi) is 5.40. The molecule has 0 unspecified atom stereocenters. The number of methoxy groups -OCH3 is 1. The summed E-state index contributed by atoms with van der Waals surface area (Å²) in [6, 6.07) is 16.2. The minimum Gasteiger partial charge on any atom is -0.380 e. The fourth-order valence-electron chi connectivity index (χ4n) is 2.01. The standard InChI is InChI=1S/C16H18ClNO/c1-19-12-15-7-3-2-6-14(15)11-18-10-13-5-4-8-16(17)9-13/h2-9,18H,10-12H2,1H3. The SMILES string of the molecule is COCc1ccccc1CNCc1cccc(Cl)c1. The average Bonchev–Trinajstić information content (AvgIpc) is 2.41. The molecule has 100 valence electrons. The molecule has 0 amide bonds. The van der Waals surface area contributed by atoms with Crippen molar-refractivity contribution in [3.63, 3.8) is 0 Å². The summed E-state index contributed by atoms with van der Waals surface area (Å²) in [4.78, 5) is 0. The molecule has 1 N–H and O–H groups in total. The van der Waals surface area contributed by atoms with E-state index >= 15 is 0 Å². The van der Waals surface area contributed by atoms with Gasteiger partial charge in [0, 0.05) is 25.2 Å². The second-order valence-corrected chi connectivity index (χ2v) is 4.87. The number of rotatable bonds is 6. The van der Waals surface area contributed by atoms with Crippen LogP contribution in [0, 0.1) is 0 Å². The third-order valence-electron chi connectivity index (χ3n) is 2.95. The van der Waals surface area contributed by atoms with Crippen LogP contribution in [0.4, 0.5) is 0 Å². The Hall–Kier alpha value is -1.35. The van der Waals surface area contributed by atoms with Gasteiger partial charge in [-0.25, -0.2) is 0 Å². The second-order valence-electron chi connectivity index (χ2n) is 4.44. The van der Waals surface area contributed by atoms with Gasteiger partial charge in [0.2, 0.25) is 0 Å². The molecule has 0 atom stereocenters. The minimum absolute atomic E-state index is 0.648. The molecule has 2 rings (SSSR count). The van der Waals surface area contributed by atoms with Crippen LogP contribution >= 0.6 is 11.6 Å². The summed E-state index contributed by atoms with van der Waals surface area (Å²) in [6.45, 7) is 2.28. The molecule has 0 aliphatic heterocycles. The van der Waals surface area contributed by atoms with Gasteiger partial charge >= 0.3 is 0 Å². The van der Waals surface area contributed by atoms with Crippen molar-refractivity contribution in [2.45, 2.75) is 19.7 Å². The largest absolute Gasteiger partial charge is 0.380 e. The highest BCUT2D eigenvalue weighted by atomic mass is 35.5. The van der Waals surface area contributed by atoms with Crippen molar-refractivity contribution in [2.24, 2.45) is 0 Å². The van der Waals surface area contributed by atoms with Crippen LogP contribution in [-0.4, -0.2) is 7.11 Å². The van der Waals surface area contributed by atoms with Gasteiger partial charge < -0.3 is 10.1 Å². The second kappa shape index (κ2) is 7.29. The molecular formula is C16H18ClNO. The molecule has 0 fully saturated rings. The first kappa shape index (κ1) is 14.1. The summed E-state index contributed by atoms with van der Waals surface area (Å²) >= 11 is 5.96. The molecule has 2 nitrogen and oxygen atoms in total. The van der Waals surface area contributed by atoms with Crippen LogP contribution in [-0.2, 0) is 24.4 Å². The highest BCUT2D eigenvalue weighted by Crippen LogP contribution is 2.12. The fraction of sp³-hybridized carbons (Fsp3) is 0.250. The lowest BCUT2D eigenvalue weighted by molar-refractivity contribution is 0.184. The van der Waals surface area contributed by atoms with E-state index in [4.69, 9.17) is 16.3 Å². The summed E-state index contributed by atoms with van der Waals surface area (Å²) < 4.78 is 5.20. The normalized spacial score (nSPS) is 10.6. The monoisotopic (exact) mass is 275 g/mol. The third kappa shape index (κ3) is 4.35. The van der Waals surface area contributed by atoms with E-state index in [0.717, 1.165) is 18.1 Å².